The van der Waals surface area contributed by atoms with Gasteiger partial charge in [-0.25, -0.2) is 0 Å². The Morgan fingerprint density at radius 1 is 1.48 bits per heavy atom. The topological polar surface area (TPSA) is 59.6 Å². The van der Waals surface area contributed by atoms with Crippen LogP contribution in [-0.2, 0) is 9.53 Å². The lowest BCUT2D eigenvalue weighted by atomic mass is 10.1. The summed E-state index contributed by atoms with van der Waals surface area (Å²) in [5.41, 5.74) is 2.80. The van der Waals surface area contributed by atoms with Gasteiger partial charge in [-0.3, -0.25) is 4.79 Å². The summed E-state index contributed by atoms with van der Waals surface area (Å²) in [6.07, 6.45) is 0.319. The van der Waals surface area contributed by atoms with Crippen LogP contribution in [0, 0.1) is 13.8 Å². The molecule has 1 aromatic rings. The van der Waals surface area contributed by atoms with Gasteiger partial charge in [0.05, 0.1) is 26.2 Å². The molecule has 6 heteroatoms. The molecule has 1 fully saturated rings. The molecule has 1 amide bonds. The van der Waals surface area contributed by atoms with E-state index in [-0.39, 0.29) is 24.4 Å². The van der Waals surface area contributed by atoms with Crippen molar-refractivity contribution < 1.29 is 14.3 Å². The van der Waals surface area contributed by atoms with Crippen LogP contribution in [0.1, 0.15) is 17.5 Å². The number of rotatable bonds is 4. The minimum atomic E-state index is -0.0450. The molecular weight excluding hydrogens is 292 g/mol. The lowest BCUT2D eigenvalue weighted by molar-refractivity contribution is -0.119. The van der Waals surface area contributed by atoms with Crippen molar-refractivity contribution in [2.24, 2.45) is 0 Å². The van der Waals surface area contributed by atoms with Crippen LogP contribution in [-0.4, -0.2) is 38.8 Å². The number of ether oxygens (including phenoxy) is 2. The van der Waals surface area contributed by atoms with Crippen molar-refractivity contribution in [3.63, 3.8) is 0 Å². The summed E-state index contributed by atoms with van der Waals surface area (Å²) in [6, 6.07) is 3.85. The first-order valence-corrected chi connectivity index (χ1v) is 6.88. The van der Waals surface area contributed by atoms with Crippen LogP contribution in [0.15, 0.2) is 12.1 Å². The zero-order valence-electron chi connectivity index (χ0n) is 12.7. The van der Waals surface area contributed by atoms with E-state index in [2.05, 4.69) is 10.6 Å². The SMILES string of the molecule is COc1c(C)ccc(NC(=O)CC2CNCCO2)c1C.Cl. The number of hydrogen-bond donors (Lipinski definition) is 2. The Morgan fingerprint density at radius 2 is 2.24 bits per heavy atom. The molecule has 21 heavy (non-hydrogen) atoms. The number of anilines is 1. The maximum atomic E-state index is 12.1. The van der Waals surface area contributed by atoms with Gasteiger partial charge in [-0.05, 0) is 25.5 Å². The number of benzene rings is 1. The summed E-state index contributed by atoms with van der Waals surface area (Å²) in [5.74, 6) is 0.783. The predicted octanol–water partition coefficient (Wildman–Crippen LogP) is 2.05. The number of carbonyl (C=O) groups excluding carboxylic acids is 1. The molecule has 5 nitrogen and oxygen atoms in total. The zero-order valence-corrected chi connectivity index (χ0v) is 13.5. The van der Waals surface area contributed by atoms with E-state index in [0.29, 0.717) is 13.0 Å². The average Bonchev–Trinajstić information content (AvgIpc) is 2.44. The van der Waals surface area contributed by atoms with Gasteiger partial charge >= 0.3 is 0 Å². The van der Waals surface area contributed by atoms with Crippen molar-refractivity contribution in [3.05, 3.63) is 23.3 Å². The zero-order chi connectivity index (χ0) is 14.5. The van der Waals surface area contributed by atoms with Crippen molar-refractivity contribution in [1.82, 2.24) is 5.32 Å². The smallest absolute Gasteiger partial charge is 0.227 e. The highest BCUT2D eigenvalue weighted by atomic mass is 35.5. The molecule has 0 saturated carbocycles. The van der Waals surface area contributed by atoms with Gasteiger partial charge in [0.1, 0.15) is 5.75 Å². The summed E-state index contributed by atoms with van der Waals surface area (Å²) in [6.45, 7) is 6.17. The largest absolute Gasteiger partial charge is 0.496 e. The van der Waals surface area contributed by atoms with Crippen molar-refractivity contribution in [1.29, 1.82) is 0 Å². The Hall–Kier alpha value is -1.30. The van der Waals surface area contributed by atoms with E-state index >= 15 is 0 Å². The molecule has 1 aromatic carbocycles. The van der Waals surface area contributed by atoms with E-state index in [1.54, 1.807) is 7.11 Å². The van der Waals surface area contributed by atoms with Crippen LogP contribution in [0.2, 0.25) is 0 Å². The summed E-state index contributed by atoms with van der Waals surface area (Å²) < 4.78 is 10.9. The van der Waals surface area contributed by atoms with Crippen molar-refractivity contribution in [2.45, 2.75) is 26.4 Å². The number of morpholine rings is 1. The van der Waals surface area contributed by atoms with E-state index in [9.17, 15) is 4.79 Å². The molecule has 1 heterocycles. The second kappa shape index (κ2) is 8.22. The maximum absolute atomic E-state index is 12.1. The van der Waals surface area contributed by atoms with Crippen LogP contribution in [0.5, 0.6) is 5.75 Å². The molecule has 1 atom stereocenters. The third-order valence-electron chi connectivity index (χ3n) is 3.50. The van der Waals surface area contributed by atoms with Gasteiger partial charge in [0.25, 0.3) is 0 Å². The maximum Gasteiger partial charge on any atom is 0.227 e. The molecule has 1 unspecified atom stereocenters. The van der Waals surface area contributed by atoms with Crippen LogP contribution < -0.4 is 15.4 Å². The quantitative estimate of drug-likeness (QED) is 0.893. The Balaban J connectivity index is 0.00000220. The average molecular weight is 315 g/mol. The van der Waals surface area contributed by atoms with Crippen LogP contribution in [0.25, 0.3) is 0 Å². The van der Waals surface area contributed by atoms with E-state index in [0.717, 1.165) is 35.7 Å². The van der Waals surface area contributed by atoms with E-state index < -0.39 is 0 Å². The fraction of sp³-hybridized carbons (Fsp3) is 0.533. The first-order valence-electron chi connectivity index (χ1n) is 6.88. The summed E-state index contributed by atoms with van der Waals surface area (Å²) in [7, 11) is 1.64. The number of halogens is 1. The number of carbonyl (C=O) groups is 1. The van der Waals surface area contributed by atoms with Gasteiger partial charge < -0.3 is 20.1 Å². The molecule has 0 aromatic heterocycles. The Kier molecular flexibility index (Phi) is 6.95. The Morgan fingerprint density at radius 3 is 2.86 bits per heavy atom. The monoisotopic (exact) mass is 314 g/mol. The second-order valence-electron chi connectivity index (χ2n) is 5.04. The molecule has 1 aliphatic heterocycles. The highest BCUT2D eigenvalue weighted by Gasteiger charge is 2.18. The van der Waals surface area contributed by atoms with Crippen molar-refractivity contribution >= 4 is 24.0 Å². The normalized spacial score (nSPS) is 17.8. The lowest BCUT2D eigenvalue weighted by Crippen LogP contribution is -2.40. The van der Waals surface area contributed by atoms with Crippen molar-refractivity contribution in [3.8, 4) is 5.75 Å². The number of amides is 1. The molecule has 1 aliphatic rings. The highest BCUT2D eigenvalue weighted by molar-refractivity contribution is 5.92. The van der Waals surface area contributed by atoms with Gasteiger partial charge in [-0.1, -0.05) is 6.07 Å². The predicted molar refractivity (Wildman–Crippen MR) is 85.6 cm³/mol. The number of methoxy groups -OCH3 is 1. The summed E-state index contributed by atoms with van der Waals surface area (Å²) in [4.78, 5) is 12.1. The second-order valence-corrected chi connectivity index (χ2v) is 5.04. The van der Waals surface area contributed by atoms with E-state index in [1.807, 2.05) is 26.0 Å². The molecule has 2 rings (SSSR count). The standard InChI is InChI=1S/C15H22N2O3.ClH/c1-10-4-5-13(11(2)15(10)19-3)17-14(18)8-12-9-16-6-7-20-12;/h4-5,12,16H,6-9H2,1-3H3,(H,17,18);1H. The van der Waals surface area contributed by atoms with Crippen LogP contribution in [0.4, 0.5) is 5.69 Å². The molecule has 0 spiro atoms. The fourth-order valence-electron chi connectivity index (χ4n) is 2.44. The fourth-order valence-corrected chi connectivity index (χ4v) is 2.44. The van der Waals surface area contributed by atoms with Gasteiger partial charge in [0, 0.05) is 24.3 Å². The number of hydrogen-bond acceptors (Lipinski definition) is 4. The van der Waals surface area contributed by atoms with Crippen LogP contribution >= 0.6 is 12.4 Å². The van der Waals surface area contributed by atoms with Crippen LogP contribution in [0.3, 0.4) is 0 Å². The molecular formula is C15H23ClN2O3. The third-order valence-corrected chi connectivity index (χ3v) is 3.50. The van der Waals surface area contributed by atoms with Gasteiger partial charge in [0.15, 0.2) is 0 Å². The van der Waals surface area contributed by atoms with E-state index in [1.165, 1.54) is 0 Å². The minimum Gasteiger partial charge on any atom is -0.496 e. The first kappa shape index (κ1) is 17.8. The molecule has 0 radical (unpaired) electrons. The molecule has 0 bridgehead atoms. The summed E-state index contributed by atoms with van der Waals surface area (Å²) in [5, 5.41) is 6.15. The number of nitrogens with one attached hydrogen (secondary N) is 2. The minimum absolute atomic E-state index is 0. The third kappa shape index (κ3) is 4.59. The van der Waals surface area contributed by atoms with Gasteiger partial charge in [0.2, 0.25) is 5.91 Å². The van der Waals surface area contributed by atoms with Crippen molar-refractivity contribution in [2.75, 3.05) is 32.1 Å². The van der Waals surface area contributed by atoms with Gasteiger partial charge in [-0.2, -0.15) is 0 Å². The van der Waals surface area contributed by atoms with E-state index in [4.69, 9.17) is 9.47 Å². The number of aryl methyl sites for hydroxylation is 1. The molecule has 0 aliphatic carbocycles. The molecule has 2 N–H and O–H groups in total. The molecule has 1 saturated heterocycles. The highest BCUT2D eigenvalue weighted by Crippen LogP contribution is 2.29. The first-order chi connectivity index (χ1) is 9.61. The molecule has 118 valence electrons. The Labute approximate surface area is 131 Å². The Bertz CT molecular complexity index is 488. The summed E-state index contributed by atoms with van der Waals surface area (Å²) >= 11 is 0. The van der Waals surface area contributed by atoms with Gasteiger partial charge in [-0.15, -0.1) is 12.4 Å². The lowest BCUT2D eigenvalue weighted by Gasteiger charge is -2.23.